The Morgan fingerprint density at radius 2 is 1.79 bits per heavy atom. The summed E-state index contributed by atoms with van der Waals surface area (Å²) in [6.45, 7) is 5.38. The number of sulfonamides is 1. The third-order valence-corrected chi connectivity index (χ3v) is 8.11. The van der Waals surface area contributed by atoms with Gasteiger partial charge in [0.05, 0.1) is 4.90 Å². The predicted molar refractivity (Wildman–Crippen MR) is 110 cm³/mol. The van der Waals surface area contributed by atoms with Crippen LogP contribution in [-0.4, -0.2) is 37.8 Å². The van der Waals surface area contributed by atoms with Gasteiger partial charge >= 0.3 is 0 Å². The molecule has 1 saturated heterocycles. The summed E-state index contributed by atoms with van der Waals surface area (Å²) in [5.41, 5.74) is 2.61. The quantitative estimate of drug-likeness (QED) is 0.840. The summed E-state index contributed by atoms with van der Waals surface area (Å²) >= 11 is 0. The van der Waals surface area contributed by atoms with Crippen LogP contribution < -0.4 is 5.32 Å². The van der Waals surface area contributed by atoms with Gasteiger partial charge in [-0.15, -0.1) is 0 Å². The van der Waals surface area contributed by atoms with Crippen molar-refractivity contribution in [3.8, 4) is 0 Å². The van der Waals surface area contributed by atoms with Gasteiger partial charge in [0, 0.05) is 31.1 Å². The molecule has 2 unspecified atom stereocenters. The topological polar surface area (TPSA) is 66.5 Å². The van der Waals surface area contributed by atoms with E-state index in [-0.39, 0.29) is 11.9 Å². The fraction of sp³-hybridized carbons (Fsp3) is 0.591. The maximum absolute atomic E-state index is 13.1. The molecule has 3 aliphatic rings. The molecular formula is C22H30N2O3S. The second-order valence-electron chi connectivity index (χ2n) is 8.93. The van der Waals surface area contributed by atoms with Crippen molar-refractivity contribution in [2.75, 3.05) is 13.1 Å². The Balaban J connectivity index is 1.53. The summed E-state index contributed by atoms with van der Waals surface area (Å²) in [7, 11) is -3.50. The van der Waals surface area contributed by atoms with Crippen LogP contribution >= 0.6 is 0 Å². The largest absolute Gasteiger partial charge is 0.350 e. The van der Waals surface area contributed by atoms with Gasteiger partial charge in [-0.05, 0) is 60.4 Å². The van der Waals surface area contributed by atoms with Crippen molar-refractivity contribution in [3.05, 3.63) is 34.9 Å². The molecule has 2 fully saturated rings. The molecule has 1 N–H and O–H groups in total. The van der Waals surface area contributed by atoms with Crippen molar-refractivity contribution in [3.63, 3.8) is 0 Å². The molecule has 0 spiro atoms. The molecule has 4 rings (SSSR count). The van der Waals surface area contributed by atoms with E-state index in [1.54, 1.807) is 16.4 Å². The number of piperidine rings is 1. The summed E-state index contributed by atoms with van der Waals surface area (Å²) in [5.74, 6) is 0.739. The maximum Gasteiger partial charge on any atom is 0.247 e. The predicted octanol–water partition coefficient (Wildman–Crippen LogP) is 3.35. The van der Waals surface area contributed by atoms with Gasteiger partial charge in [-0.1, -0.05) is 32.8 Å². The Kier molecular flexibility index (Phi) is 5.36. The van der Waals surface area contributed by atoms with Crippen LogP contribution in [0, 0.1) is 11.8 Å². The Labute approximate surface area is 168 Å². The van der Waals surface area contributed by atoms with Gasteiger partial charge in [-0.25, -0.2) is 8.42 Å². The number of hydrogen-bond acceptors (Lipinski definition) is 3. The fourth-order valence-corrected chi connectivity index (χ4v) is 6.63. The molecular weight excluding hydrogens is 372 g/mol. The molecule has 28 heavy (non-hydrogen) atoms. The molecule has 0 radical (unpaired) electrons. The van der Waals surface area contributed by atoms with E-state index in [0.717, 1.165) is 36.0 Å². The SMILES string of the molecule is CC1CC(C)CN(S(=O)(=O)c2ccc3c(c2)C=C(C(=O)NC2CCCC2)C3)C1. The van der Waals surface area contributed by atoms with Crippen LogP contribution in [0.1, 0.15) is 57.1 Å². The van der Waals surface area contributed by atoms with E-state index in [9.17, 15) is 13.2 Å². The normalized spacial score (nSPS) is 26.1. The van der Waals surface area contributed by atoms with Crippen molar-refractivity contribution in [1.82, 2.24) is 9.62 Å². The van der Waals surface area contributed by atoms with Crippen LogP contribution in [0.5, 0.6) is 0 Å². The third kappa shape index (κ3) is 3.90. The summed E-state index contributed by atoms with van der Waals surface area (Å²) in [4.78, 5) is 12.9. The number of nitrogens with zero attached hydrogens (tertiary/aromatic N) is 1. The Morgan fingerprint density at radius 3 is 2.46 bits per heavy atom. The molecule has 2 aliphatic carbocycles. The van der Waals surface area contributed by atoms with Gasteiger partial charge in [0.15, 0.2) is 0 Å². The van der Waals surface area contributed by atoms with Crippen molar-refractivity contribution in [2.24, 2.45) is 11.8 Å². The van der Waals surface area contributed by atoms with Crippen LogP contribution in [0.3, 0.4) is 0 Å². The van der Waals surface area contributed by atoms with E-state index in [0.29, 0.717) is 36.2 Å². The lowest BCUT2D eigenvalue weighted by molar-refractivity contribution is -0.118. The first-order valence-electron chi connectivity index (χ1n) is 10.5. The van der Waals surface area contributed by atoms with Crippen molar-refractivity contribution in [2.45, 2.75) is 63.3 Å². The maximum atomic E-state index is 13.1. The second-order valence-corrected chi connectivity index (χ2v) is 10.9. The number of carbonyl (C=O) groups excluding carboxylic acids is 1. The van der Waals surface area contributed by atoms with Gasteiger partial charge in [-0.2, -0.15) is 4.31 Å². The standard InChI is InChI=1S/C22H30N2O3S/c1-15-9-16(2)14-24(13-15)28(26,27)21-8-7-17-10-19(11-18(17)12-21)22(25)23-20-5-3-4-6-20/h7-8,11-12,15-16,20H,3-6,9-10,13-14H2,1-2H3,(H,23,25). The first-order valence-corrected chi connectivity index (χ1v) is 11.9. The number of hydrogen-bond donors (Lipinski definition) is 1. The molecule has 2 atom stereocenters. The van der Waals surface area contributed by atoms with Crippen molar-refractivity contribution < 1.29 is 13.2 Å². The van der Waals surface area contributed by atoms with Crippen LogP contribution in [0.15, 0.2) is 28.7 Å². The second kappa shape index (κ2) is 7.64. The molecule has 0 bridgehead atoms. The zero-order chi connectivity index (χ0) is 19.9. The van der Waals surface area contributed by atoms with Gasteiger partial charge in [0.25, 0.3) is 0 Å². The average Bonchev–Trinajstić information content (AvgIpc) is 3.29. The molecule has 152 valence electrons. The minimum Gasteiger partial charge on any atom is -0.350 e. The Bertz CT molecular complexity index is 890. The summed E-state index contributed by atoms with van der Waals surface area (Å²) in [5, 5.41) is 3.13. The summed E-state index contributed by atoms with van der Waals surface area (Å²) in [6.07, 6.45) is 7.98. The zero-order valence-corrected chi connectivity index (χ0v) is 17.6. The number of nitrogens with one attached hydrogen (secondary N) is 1. The smallest absolute Gasteiger partial charge is 0.247 e. The highest BCUT2D eigenvalue weighted by Crippen LogP contribution is 2.31. The van der Waals surface area contributed by atoms with Crippen molar-refractivity contribution in [1.29, 1.82) is 0 Å². The summed E-state index contributed by atoms with van der Waals surface area (Å²) < 4.78 is 27.9. The van der Waals surface area contributed by atoms with Gasteiger partial charge in [0.1, 0.15) is 0 Å². The Hall–Kier alpha value is -1.66. The molecule has 1 heterocycles. The molecule has 0 aromatic heterocycles. The Morgan fingerprint density at radius 1 is 1.11 bits per heavy atom. The molecule has 1 aromatic carbocycles. The van der Waals surface area contributed by atoms with Crippen LogP contribution in [0.4, 0.5) is 0 Å². The zero-order valence-electron chi connectivity index (χ0n) is 16.8. The average molecular weight is 403 g/mol. The monoisotopic (exact) mass is 402 g/mol. The van der Waals surface area contributed by atoms with Gasteiger partial charge in [0.2, 0.25) is 15.9 Å². The van der Waals surface area contributed by atoms with Crippen LogP contribution in [0.2, 0.25) is 0 Å². The van der Waals surface area contributed by atoms with Crippen LogP contribution in [-0.2, 0) is 21.2 Å². The lowest BCUT2D eigenvalue weighted by Crippen LogP contribution is -2.42. The molecule has 5 nitrogen and oxygen atoms in total. The van der Waals surface area contributed by atoms with E-state index in [4.69, 9.17) is 0 Å². The van der Waals surface area contributed by atoms with E-state index in [1.165, 1.54) is 12.8 Å². The van der Waals surface area contributed by atoms with E-state index < -0.39 is 10.0 Å². The minimum atomic E-state index is -3.50. The van der Waals surface area contributed by atoms with E-state index in [1.807, 2.05) is 12.1 Å². The molecule has 6 heteroatoms. The third-order valence-electron chi connectivity index (χ3n) is 6.28. The number of rotatable bonds is 4. The lowest BCUT2D eigenvalue weighted by atomic mass is 9.94. The molecule has 1 amide bonds. The highest BCUT2D eigenvalue weighted by Gasteiger charge is 2.32. The van der Waals surface area contributed by atoms with Crippen molar-refractivity contribution >= 4 is 22.0 Å². The number of carbonyl (C=O) groups is 1. The summed E-state index contributed by atoms with van der Waals surface area (Å²) in [6, 6.07) is 5.59. The number of benzene rings is 1. The van der Waals surface area contributed by atoms with Crippen LogP contribution in [0.25, 0.3) is 6.08 Å². The minimum absolute atomic E-state index is 0.00816. The molecule has 1 saturated carbocycles. The number of amides is 1. The van der Waals surface area contributed by atoms with E-state index in [2.05, 4.69) is 19.2 Å². The van der Waals surface area contributed by atoms with Gasteiger partial charge in [-0.3, -0.25) is 4.79 Å². The molecule has 1 aromatic rings. The highest BCUT2D eigenvalue weighted by atomic mass is 32.2. The first-order chi connectivity index (χ1) is 13.3. The number of fused-ring (bicyclic) bond motifs is 1. The fourth-order valence-electron chi connectivity index (χ4n) is 4.92. The molecule has 1 aliphatic heterocycles. The first kappa shape index (κ1) is 19.6. The highest BCUT2D eigenvalue weighted by molar-refractivity contribution is 7.89. The van der Waals surface area contributed by atoms with E-state index >= 15 is 0 Å². The lowest BCUT2D eigenvalue weighted by Gasteiger charge is -2.34. The van der Waals surface area contributed by atoms with Gasteiger partial charge < -0.3 is 5.32 Å².